The van der Waals surface area contributed by atoms with E-state index in [2.05, 4.69) is 17.9 Å². The standard InChI is InChI=1S/C12H19NO2/c1-3-4-5-12(14)6-10-8-15-9-11(7-12)13(10)2/h1,10-11,14H,4-9H2,2H3. The van der Waals surface area contributed by atoms with Gasteiger partial charge in [0, 0.05) is 18.5 Å². The average Bonchev–Trinajstić information content (AvgIpc) is 2.18. The molecular formula is C12H19NO2. The van der Waals surface area contributed by atoms with Crippen LogP contribution in [0.4, 0.5) is 0 Å². The number of morpholine rings is 1. The molecule has 0 saturated carbocycles. The third-order valence-corrected chi connectivity index (χ3v) is 3.74. The van der Waals surface area contributed by atoms with Crippen LogP contribution >= 0.6 is 0 Å². The maximum absolute atomic E-state index is 10.4. The SMILES string of the molecule is C#CCCC1(O)CC2COCC(C1)N2C. The Kier molecular flexibility index (Phi) is 3.01. The summed E-state index contributed by atoms with van der Waals surface area (Å²) in [4.78, 5) is 2.34. The molecule has 2 atom stereocenters. The number of aliphatic hydroxyl groups is 1. The van der Waals surface area contributed by atoms with E-state index >= 15 is 0 Å². The molecule has 0 radical (unpaired) electrons. The topological polar surface area (TPSA) is 32.7 Å². The zero-order chi connectivity index (χ0) is 10.9. The van der Waals surface area contributed by atoms with Crippen molar-refractivity contribution in [3.8, 4) is 12.3 Å². The Morgan fingerprint density at radius 1 is 1.47 bits per heavy atom. The van der Waals surface area contributed by atoms with Crippen molar-refractivity contribution in [1.29, 1.82) is 0 Å². The Morgan fingerprint density at radius 2 is 2.07 bits per heavy atom. The van der Waals surface area contributed by atoms with Gasteiger partial charge >= 0.3 is 0 Å². The summed E-state index contributed by atoms with van der Waals surface area (Å²) in [6.07, 6.45) is 8.23. The number of likely N-dealkylation sites (N-methyl/N-ethyl adjacent to an activating group) is 1. The largest absolute Gasteiger partial charge is 0.390 e. The summed E-state index contributed by atoms with van der Waals surface area (Å²) in [5, 5.41) is 10.4. The fourth-order valence-electron chi connectivity index (χ4n) is 2.75. The molecule has 0 aliphatic carbocycles. The highest BCUT2D eigenvalue weighted by atomic mass is 16.5. The van der Waals surface area contributed by atoms with Crippen molar-refractivity contribution < 1.29 is 9.84 Å². The molecule has 3 nitrogen and oxygen atoms in total. The highest BCUT2D eigenvalue weighted by molar-refractivity contribution is 5.00. The van der Waals surface area contributed by atoms with Crippen LogP contribution in [0.2, 0.25) is 0 Å². The van der Waals surface area contributed by atoms with Crippen molar-refractivity contribution >= 4 is 0 Å². The number of piperidine rings is 1. The minimum atomic E-state index is -0.558. The lowest BCUT2D eigenvalue weighted by molar-refractivity contribution is -0.135. The van der Waals surface area contributed by atoms with Crippen LogP contribution in [0.5, 0.6) is 0 Å². The number of rotatable bonds is 2. The summed E-state index contributed by atoms with van der Waals surface area (Å²) in [5.74, 6) is 2.61. The highest BCUT2D eigenvalue weighted by Gasteiger charge is 2.43. The number of fused-ring (bicyclic) bond motifs is 2. The van der Waals surface area contributed by atoms with Gasteiger partial charge in [-0.2, -0.15) is 0 Å². The molecule has 2 saturated heterocycles. The first-order valence-electron chi connectivity index (χ1n) is 5.60. The van der Waals surface area contributed by atoms with E-state index in [0.717, 1.165) is 32.5 Å². The molecule has 2 aliphatic heterocycles. The molecule has 2 aliphatic rings. The number of nitrogens with zero attached hydrogens (tertiary/aromatic N) is 1. The van der Waals surface area contributed by atoms with E-state index < -0.39 is 5.60 Å². The molecular weight excluding hydrogens is 190 g/mol. The summed E-state index contributed by atoms with van der Waals surface area (Å²) in [7, 11) is 2.12. The van der Waals surface area contributed by atoms with Gasteiger partial charge in [-0.05, 0) is 26.3 Å². The molecule has 2 bridgehead atoms. The fourth-order valence-corrected chi connectivity index (χ4v) is 2.75. The van der Waals surface area contributed by atoms with Crippen molar-refractivity contribution in [2.75, 3.05) is 20.3 Å². The van der Waals surface area contributed by atoms with Crippen LogP contribution in [0.15, 0.2) is 0 Å². The van der Waals surface area contributed by atoms with Crippen molar-refractivity contribution in [1.82, 2.24) is 4.90 Å². The predicted octanol–water partition coefficient (Wildman–Crippen LogP) is 0.624. The summed E-state index contributed by atoms with van der Waals surface area (Å²) in [6.45, 7) is 1.48. The first kappa shape index (κ1) is 10.9. The predicted molar refractivity (Wildman–Crippen MR) is 58.4 cm³/mol. The van der Waals surface area contributed by atoms with E-state index in [4.69, 9.17) is 11.2 Å². The second-order valence-corrected chi connectivity index (χ2v) is 4.85. The summed E-state index contributed by atoms with van der Waals surface area (Å²) in [5.41, 5.74) is -0.558. The molecule has 0 aromatic carbocycles. The number of hydrogen-bond donors (Lipinski definition) is 1. The van der Waals surface area contributed by atoms with Gasteiger partial charge in [0.1, 0.15) is 0 Å². The molecule has 2 fully saturated rings. The Bertz CT molecular complexity index is 257. The van der Waals surface area contributed by atoms with Gasteiger partial charge in [0.15, 0.2) is 0 Å². The molecule has 1 N–H and O–H groups in total. The Labute approximate surface area is 91.4 Å². The third-order valence-electron chi connectivity index (χ3n) is 3.74. The maximum Gasteiger partial charge on any atom is 0.0688 e. The van der Waals surface area contributed by atoms with Gasteiger partial charge in [-0.25, -0.2) is 0 Å². The molecule has 84 valence electrons. The average molecular weight is 209 g/mol. The Hall–Kier alpha value is -0.560. The minimum Gasteiger partial charge on any atom is -0.390 e. The quantitative estimate of drug-likeness (QED) is 0.677. The number of terminal acetylenes is 1. The molecule has 0 aromatic rings. The van der Waals surface area contributed by atoms with Crippen LogP contribution in [0.1, 0.15) is 25.7 Å². The lowest BCUT2D eigenvalue weighted by atomic mass is 9.79. The van der Waals surface area contributed by atoms with Gasteiger partial charge < -0.3 is 9.84 Å². The van der Waals surface area contributed by atoms with E-state index in [9.17, 15) is 5.11 Å². The van der Waals surface area contributed by atoms with E-state index in [-0.39, 0.29) is 0 Å². The first-order valence-corrected chi connectivity index (χ1v) is 5.60. The zero-order valence-corrected chi connectivity index (χ0v) is 9.28. The summed E-state index contributed by atoms with van der Waals surface area (Å²) < 4.78 is 5.51. The number of hydrogen-bond acceptors (Lipinski definition) is 3. The lowest BCUT2D eigenvalue weighted by Gasteiger charge is -2.50. The second-order valence-electron chi connectivity index (χ2n) is 4.85. The summed E-state index contributed by atoms with van der Waals surface area (Å²) >= 11 is 0. The molecule has 15 heavy (non-hydrogen) atoms. The number of ether oxygens (including phenoxy) is 1. The monoisotopic (exact) mass is 209 g/mol. The normalized spacial score (nSPS) is 41.1. The first-order chi connectivity index (χ1) is 7.14. The van der Waals surface area contributed by atoms with Crippen LogP contribution in [0.3, 0.4) is 0 Å². The van der Waals surface area contributed by atoms with Crippen molar-refractivity contribution in [3.63, 3.8) is 0 Å². The van der Waals surface area contributed by atoms with Gasteiger partial charge in [0.2, 0.25) is 0 Å². The van der Waals surface area contributed by atoms with Gasteiger partial charge in [-0.15, -0.1) is 12.3 Å². The van der Waals surface area contributed by atoms with Crippen molar-refractivity contribution in [2.45, 2.75) is 43.4 Å². The van der Waals surface area contributed by atoms with Gasteiger partial charge in [-0.3, -0.25) is 4.90 Å². The Morgan fingerprint density at radius 3 is 2.60 bits per heavy atom. The lowest BCUT2D eigenvalue weighted by Crippen LogP contribution is -2.60. The van der Waals surface area contributed by atoms with Crippen LogP contribution in [-0.4, -0.2) is 48.0 Å². The van der Waals surface area contributed by atoms with E-state index in [1.807, 2.05) is 0 Å². The molecule has 0 amide bonds. The molecule has 2 unspecified atom stereocenters. The fraction of sp³-hybridized carbons (Fsp3) is 0.833. The molecule has 0 aromatic heterocycles. The summed E-state index contributed by atoms with van der Waals surface area (Å²) in [6, 6.07) is 0.723. The van der Waals surface area contributed by atoms with Crippen molar-refractivity contribution in [3.05, 3.63) is 0 Å². The molecule has 2 rings (SSSR count). The van der Waals surface area contributed by atoms with Crippen LogP contribution in [0, 0.1) is 12.3 Å². The van der Waals surface area contributed by atoms with E-state index in [1.54, 1.807) is 0 Å². The van der Waals surface area contributed by atoms with Crippen LogP contribution in [0.25, 0.3) is 0 Å². The van der Waals surface area contributed by atoms with Crippen LogP contribution in [-0.2, 0) is 4.74 Å². The van der Waals surface area contributed by atoms with Gasteiger partial charge in [-0.1, -0.05) is 0 Å². The molecule has 2 heterocycles. The van der Waals surface area contributed by atoms with E-state index in [0.29, 0.717) is 18.5 Å². The highest BCUT2D eigenvalue weighted by Crippen LogP contribution is 2.35. The second kappa shape index (κ2) is 4.13. The van der Waals surface area contributed by atoms with Gasteiger partial charge in [0.05, 0.1) is 18.8 Å². The zero-order valence-electron chi connectivity index (χ0n) is 9.28. The van der Waals surface area contributed by atoms with Crippen LogP contribution < -0.4 is 0 Å². The Balaban J connectivity index is 2.03. The molecule has 3 heteroatoms. The third kappa shape index (κ3) is 2.17. The maximum atomic E-state index is 10.4. The molecule has 0 spiro atoms. The smallest absolute Gasteiger partial charge is 0.0688 e. The van der Waals surface area contributed by atoms with Crippen molar-refractivity contribution in [2.24, 2.45) is 0 Å². The van der Waals surface area contributed by atoms with Gasteiger partial charge in [0.25, 0.3) is 0 Å². The van der Waals surface area contributed by atoms with E-state index in [1.165, 1.54) is 0 Å². The minimum absolute atomic E-state index is 0.361.